The van der Waals surface area contributed by atoms with Gasteiger partial charge in [0.1, 0.15) is 11.5 Å². The number of hydrogen-bond donors (Lipinski definition) is 2. The number of benzene rings is 3. The van der Waals surface area contributed by atoms with Crippen LogP contribution in [0.4, 0.5) is 5.69 Å². The van der Waals surface area contributed by atoms with Crippen LogP contribution in [0.1, 0.15) is 10.4 Å². The molecule has 4 heteroatoms. The van der Waals surface area contributed by atoms with E-state index in [1.165, 1.54) is 6.07 Å². The lowest BCUT2D eigenvalue weighted by Gasteiger charge is -2.08. The summed E-state index contributed by atoms with van der Waals surface area (Å²) in [7, 11) is 1.59. The van der Waals surface area contributed by atoms with Crippen molar-refractivity contribution in [1.29, 1.82) is 0 Å². The van der Waals surface area contributed by atoms with Gasteiger partial charge >= 0.3 is 0 Å². The van der Waals surface area contributed by atoms with Gasteiger partial charge in [0.15, 0.2) is 0 Å². The summed E-state index contributed by atoms with van der Waals surface area (Å²) in [4.78, 5) is 12.3. The van der Waals surface area contributed by atoms with E-state index in [1.54, 1.807) is 37.4 Å². The molecule has 0 aliphatic rings. The van der Waals surface area contributed by atoms with E-state index < -0.39 is 0 Å². The van der Waals surface area contributed by atoms with E-state index >= 15 is 0 Å². The molecule has 22 heavy (non-hydrogen) atoms. The highest BCUT2D eigenvalue weighted by Gasteiger charge is 2.10. The van der Waals surface area contributed by atoms with E-state index in [0.717, 1.165) is 16.5 Å². The van der Waals surface area contributed by atoms with Gasteiger partial charge in [-0.25, -0.2) is 0 Å². The number of ether oxygens (including phenoxy) is 1. The summed E-state index contributed by atoms with van der Waals surface area (Å²) in [6, 6.07) is 17.7. The number of carbonyl (C=O) groups is 1. The zero-order valence-corrected chi connectivity index (χ0v) is 12.0. The Morgan fingerprint density at radius 2 is 1.77 bits per heavy atom. The van der Waals surface area contributed by atoms with Crippen molar-refractivity contribution in [2.45, 2.75) is 0 Å². The molecule has 0 unspecified atom stereocenters. The number of amides is 1. The average Bonchev–Trinajstić information content (AvgIpc) is 2.55. The first-order valence-corrected chi connectivity index (χ1v) is 6.84. The normalized spacial score (nSPS) is 10.4. The Kier molecular flexibility index (Phi) is 3.66. The van der Waals surface area contributed by atoms with Gasteiger partial charge < -0.3 is 15.2 Å². The predicted octanol–water partition coefficient (Wildman–Crippen LogP) is 3.81. The molecule has 3 rings (SSSR count). The molecule has 0 aliphatic heterocycles. The molecule has 0 bridgehead atoms. The first-order chi connectivity index (χ1) is 10.7. The summed E-state index contributed by atoms with van der Waals surface area (Å²) >= 11 is 0. The van der Waals surface area contributed by atoms with Crippen LogP contribution in [0.25, 0.3) is 10.8 Å². The van der Waals surface area contributed by atoms with Gasteiger partial charge in [0.05, 0.1) is 7.11 Å². The Morgan fingerprint density at radius 3 is 2.50 bits per heavy atom. The van der Waals surface area contributed by atoms with Gasteiger partial charge in [0.2, 0.25) is 0 Å². The number of rotatable bonds is 3. The molecule has 0 radical (unpaired) electrons. The van der Waals surface area contributed by atoms with Crippen molar-refractivity contribution >= 4 is 22.4 Å². The van der Waals surface area contributed by atoms with E-state index in [-0.39, 0.29) is 11.7 Å². The summed E-state index contributed by atoms with van der Waals surface area (Å²) in [6.07, 6.45) is 0. The molecule has 0 aromatic heterocycles. The summed E-state index contributed by atoms with van der Waals surface area (Å²) in [5.41, 5.74) is 1.07. The minimum atomic E-state index is -0.272. The van der Waals surface area contributed by atoms with Crippen molar-refractivity contribution in [3.8, 4) is 11.5 Å². The van der Waals surface area contributed by atoms with Gasteiger partial charge in [0.25, 0.3) is 5.91 Å². The first-order valence-electron chi connectivity index (χ1n) is 6.84. The molecule has 0 saturated heterocycles. The van der Waals surface area contributed by atoms with Crippen LogP contribution in [0.5, 0.6) is 11.5 Å². The van der Waals surface area contributed by atoms with Gasteiger partial charge in [-0.15, -0.1) is 0 Å². The lowest BCUT2D eigenvalue weighted by atomic mass is 10.1. The molecule has 2 N–H and O–H groups in total. The van der Waals surface area contributed by atoms with Gasteiger partial charge in [0, 0.05) is 16.6 Å². The van der Waals surface area contributed by atoms with Crippen molar-refractivity contribution in [2.24, 2.45) is 0 Å². The molecule has 110 valence electrons. The van der Waals surface area contributed by atoms with E-state index in [1.807, 2.05) is 24.3 Å². The Bertz CT molecular complexity index is 825. The van der Waals surface area contributed by atoms with Crippen molar-refractivity contribution in [3.63, 3.8) is 0 Å². The van der Waals surface area contributed by atoms with Crippen LogP contribution in [0.3, 0.4) is 0 Å². The molecule has 3 aromatic carbocycles. The van der Waals surface area contributed by atoms with Crippen molar-refractivity contribution in [3.05, 3.63) is 66.2 Å². The van der Waals surface area contributed by atoms with Crippen LogP contribution < -0.4 is 10.1 Å². The number of nitrogens with one attached hydrogen (secondary N) is 1. The minimum absolute atomic E-state index is 0.0954. The zero-order chi connectivity index (χ0) is 15.5. The van der Waals surface area contributed by atoms with Crippen LogP contribution in [0.2, 0.25) is 0 Å². The maximum atomic E-state index is 12.3. The molecule has 0 saturated carbocycles. The highest BCUT2D eigenvalue weighted by molar-refractivity contribution is 6.07. The molecule has 0 spiro atoms. The lowest BCUT2D eigenvalue weighted by molar-refractivity contribution is 0.102. The molecular weight excluding hydrogens is 278 g/mol. The van der Waals surface area contributed by atoms with Crippen LogP contribution in [-0.4, -0.2) is 18.1 Å². The zero-order valence-electron chi connectivity index (χ0n) is 12.0. The fraction of sp³-hybridized carbons (Fsp3) is 0.0556. The second kappa shape index (κ2) is 5.77. The number of anilines is 1. The number of phenols is 1. The topological polar surface area (TPSA) is 58.6 Å². The average molecular weight is 293 g/mol. The molecule has 0 fully saturated rings. The van der Waals surface area contributed by atoms with Crippen LogP contribution in [0, 0.1) is 0 Å². The van der Waals surface area contributed by atoms with Crippen molar-refractivity contribution < 1.29 is 14.6 Å². The predicted molar refractivity (Wildman–Crippen MR) is 86.6 cm³/mol. The Balaban J connectivity index is 1.88. The van der Waals surface area contributed by atoms with E-state index in [2.05, 4.69) is 5.32 Å². The van der Waals surface area contributed by atoms with Crippen molar-refractivity contribution in [1.82, 2.24) is 0 Å². The van der Waals surface area contributed by atoms with E-state index in [9.17, 15) is 9.90 Å². The third kappa shape index (κ3) is 2.72. The van der Waals surface area contributed by atoms with Crippen LogP contribution in [0.15, 0.2) is 60.7 Å². The second-order valence-electron chi connectivity index (χ2n) is 4.90. The molecule has 0 aliphatic carbocycles. The monoisotopic (exact) mass is 293 g/mol. The molecule has 1 amide bonds. The highest BCUT2D eigenvalue weighted by atomic mass is 16.5. The van der Waals surface area contributed by atoms with Gasteiger partial charge in [-0.3, -0.25) is 4.79 Å². The number of fused-ring (bicyclic) bond motifs is 1. The van der Waals surface area contributed by atoms with Crippen LogP contribution in [-0.2, 0) is 0 Å². The van der Waals surface area contributed by atoms with Gasteiger partial charge in [-0.05, 0) is 41.8 Å². The summed E-state index contributed by atoms with van der Waals surface area (Å²) in [6.45, 7) is 0. The molecule has 3 aromatic rings. The summed E-state index contributed by atoms with van der Waals surface area (Å²) < 4.78 is 5.08. The largest absolute Gasteiger partial charge is 0.507 e. The standard InChI is InChI=1S/C18H15NO3/c1-22-15-8-6-14(7-9-15)19-18(21)13-10-12-4-2-3-5-16(12)17(20)11-13/h2-11,20H,1H3,(H,19,21). The first kappa shape index (κ1) is 13.9. The summed E-state index contributed by atoms with van der Waals surface area (Å²) in [5.74, 6) is 0.547. The smallest absolute Gasteiger partial charge is 0.255 e. The molecule has 4 nitrogen and oxygen atoms in total. The third-order valence-electron chi connectivity index (χ3n) is 3.45. The highest BCUT2D eigenvalue weighted by Crippen LogP contribution is 2.26. The van der Waals surface area contributed by atoms with Crippen molar-refractivity contribution in [2.75, 3.05) is 12.4 Å². The molecule has 0 atom stereocenters. The maximum Gasteiger partial charge on any atom is 0.255 e. The fourth-order valence-corrected chi connectivity index (χ4v) is 2.30. The van der Waals surface area contributed by atoms with E-state index in [4.69, 9.17) is 4.74 Å². The Labute approximate surface area is 128 Å². The summed E-state index contributed by atoms with van der Waals surface area (Å²) in [5, 5.41) is 14.4. The van der Waals surface area contributed by atoms with Gasteiger partial charge in [-0.1, -0.05) is 24.3 Å². The minimum Gasteiger partial charge on any atom is -0.507 e. The Morgan fingerprint density at radius 1 is 1.05 bits per heavy atom. The number of hydrogen-bond acceptors (Lipinski definition) is 3. The second-order valence-corrected chi connectivity index (χ2v) is 4.90. The molecular formula is C18H15NO3. The van der Waals surface area contributed by atoms with E-state index in [0.29, 0.717) is 11.3 Å². The number of phenolic OH excluding ortho intramolecular Hbond substituents is 1. The Hall–Kier alpha value is -3.01. The third-order valence-corrected chi connectivity index (χ3v) is 3.45. The van der Waals surface area contributed by atoms with Gasteiger partial charge in [-0.2, -0.15) is 0 Å². The maximum absolute atomic E-state index is 12.3. The molecule has 0 heterocycles. The lowest BCUT2D eigenvalue weighted by Crippen LogP contribution is -2.11. The number of carbonyl (C=O) groups excluding carboxylic acids is 1. The fourth-order valence-electron chi connectivity index (χ4n) is 2.30. The SMILES string of the molecule is COc1ccc(NC(=O)c2cc(O)c3ccccc3c2)cc1. The number of aromatic hydroxyl groups is 1. The number of methoxy groups -OCH3 is 1. The van der Waals surface area contributed by atoms with Crippen LogP contribution >= 0.6 is 0 Å². The quantitative estimate of drug-likeness (QED) is 0.772.